The van der Waals surface area contributed by atoms with Crippen LogP contribution in [0.15, 0.2) is 82.6 Å². The molecular weight excluding hydrogens is 504 g/mol. The van der Waals surface area contributed by atoms with Gasteiger partial charge in [-0.25, -0.2) is 31.5 Å². The van der Waals surface area contributed by atoms with Crippen molar-refractivity contribution in [2.45, 2.75) is 23.3 Å². The van der Waals surface area contributed by atoms with E-state index >= 15 is 0 Å². The van der Waals surface area contributed by atoms with E-state index in [1.807, 2.05) is 6.92 Å². The summed E-state index contributed by atoms with van der Waals surface area (Å²) in [5.41, 5.74) is 2.43. The molecule has 0 saturated heterocycles. The van der Waals surface area contributed by atoms with Gasteiger partial charge in [0.15, 0.2) is 5.69 Å². The van der Waals surface area contributed by atoms with Crippen molar-refractivity contribution >= 4 is 31.7 Å². The number of aromatic nitrogens is 2. The van der Waals surface area contributed by atoms with Gasteiger partial charge in [0.1, 0.15) is 0 Å². The summed E-state index contributed by atoms with van der Waals surface area (Å²) in [6.45, 7) is 1.60. The highest BCUT2D eigenvalue weighted by Gasteiger charge is 2.37. The van der Waals surface area contributed by atoms with Crippen LogP contribution in [0.5, 0.6) is 0 Å². The monoisotopic (exact) mass is 524 g/mol. The van der Waals surface area contributed by atoms with E-state index in [1.54, 1.807) is 36.4 Å². The highest BCUT2D eigenvalue weighted by atomic mass is 32.2. The number of carboxylic acid groups (broad SMARTS) is 1. The summed E-state index contributed by atoms with van der Waals surface area (Å²) in [6.07, 6.45) is 0. The number of nitrogens with zero attached hydrogens (tertiary/aromatic N) is 3. The van der Waals surface area contributed by atoms with Crippen molar-refractivity contribution in [3.05, 3.63) is 89.6 Å². The molecule has 5 rings (SSSR count). The van der Waals surface area contributed by atoms with Crippen molar-refractivity contribution in [1.82, 2.24) is 9.78 Å². The second-order valence-electron chi connectivity index (χ2n) is 8.27. The second kappa shape index (κ2) is 8.29. The van der Waals surface area contributed by atoms with Gasteiger partial charge in [-0.15, -0.1) is 0 Å². The Kier molecular flexibility index (Phi) is 5.47. The molecule has 0 bridgehead atoms. The third-order valence-electron chi connectivity index (χ3n) is 5.93. The minimum absolute atomic E-state index is 0.0780. The Hall–Kier alpha value is -4.00. The lowest BCUT2D eigenvalue weighted by Gasteiger charge is -2.31. The zero-order valence-corrected chi connectivity index (χ0v) is 20.5. The molecule has 2 heterocycles. The standard InChI is InChI=1S/C24H20N4O6S2/c1-15-6-10-18(11-7-15)36(33,34)27-14-20-22(24(29)30)26-28(23(20)19-4-2-3-5-21(19)27)16-8-12-17(13-9-16)35(25,31)32/h2-13H,14H2,1H3,(H,29,30)(H2,25,31,32). The van der Waals surface area contributed by atoms with Crippen molar-refractivity contribution in [2.24, 2.45) is 5.14 Å². The van der Waals surface area contributed by atoms with E-state index in [4.69, 9.17) is 5.14 Å². The Morgan fingerprint density at radius 1 is 0.917 bits per heavy atom. The van der Waals surface area contributed by atoms with E-state index in [-0.39, 0.29) is 27.6 Å². The third-order valence-corrected chi connectivity index (χ3v) is 8.64. The average Bonchev–Trinajstić information content (AvgIpc) is 3.24. The molecular formula is C24H20N4O6S2. The molecule has 12 heteroatoms. The Bertz CT molecular complexity index is 1730. The fourth-order valence-corrected chi connectivity index (χ4v) is 6.15. The van der Waals surface area contributed by atoms with Crippen LogP contribution in [0.3, 0.4) is 0 Å². The van der Waals surface area contributed by atoms with Gasteiger partial charge in [0, 0.05) is 11.1 Å². The van der Waals surface area contributed by atoms with E-state index in [9.17, 15) is 26.7 Å². The Labute approximate surface area is 207 Å². The van der Waals surface area contributed by atoms with Gasteiger partial charge in [0.05, 0.1) is 33.4 Å². The first-order chi connectivity index (χ1) is 17.0. The highest BCUT2D eigenvalue weighted by Crippen LogP contribution is 2.43. The molecule has 1 aliphatic heterocycles. The number of anilines is 1. The van der Waals surface area contributed by atoms with Crippen LogP contribution in [0.1, 0.15) is 21.6 Å². The summed E-state index contributed by atoms with van der Waals surface area (Å²) in [7, 11) is -7.96. The molecule has 0 aliphatic carbocycles. The van der Waals surface area contributed by atoms with Gasteiger partial charge in [-0.2, -0.15) is 5.10 Å². The number of fused-ring (bicyclic) bond motifs is 3. The molecule has 0 amide bonds. The highest BCUT2D eigenvalue weighted by molar-refractivity contribution is 7.92. The Balaban J connectivity index is 1.72. The molecule has 0 fully saturated rings. The summed E-state index contributed by atoms with van der Waals surface area (Å²) in [6, 6.07) is 18.7. The molecule has 0 unspecified atom stereocenters. The predicted octanol–water partition coefficient (Wildman–Crippen LogP) is 2.90. The summed E-state index contributed by atoms with van der Waals surface area (Å²) >= 11 is 0. The van der Waals surface area contributed by atoms with Crippen molar-refractivity contribution in [2.75, 3.05) is 4.31 Å². The lowest BCUT2D eigenvalue weighted by molar-refractivity contribution is 0.0688. The normalized spacial score (nSPS) is 13.2. The molecule has 0 spiro atoms. The average molecular weight is 525 g/mol. The molecule has 3 N–H and O–H groups in total. The van der Waals surface area contributed by atoms with Crippen molar-refractivity contribution in [3.8, 4) is 16.9 Å². The number of benzene rings is 3. The van der Waals surface area contributed by atoms with Crippen LogP contribution in [-0.4, -0.2) is 37.7 Å². The SMILES string of the molecule is Cc1ccc(S(=O)(=O)N2Cc3c(C(=O)O)nn(-c4ccc(S(N)(=O)=O)cc4)c3-c3ccccc32)cc1. The van der Waals surface area contributed by atoms with Gasteiger partial charge in [0.25, 0.3) is 10.0 Å². The van der Waals surface area contributed by atoms with Crippen molar-refractivity contribution in [3.63, 3.8) is 0 Å². The molecule has 0 saturated carbocycles. The number of hydrogen-bond acceptors (Lipinski definition) is 6. The number of primary sulfonamides is 1. The quantitative estimate of drug-likeness (QED) is 0.407. The molecule has 0 radical (unpaired) electrons. The van der Waals surface area contributed by atoms with E-state index in [2.05, 4.69) is 5.10 Å². The first-order valence-corrected chi connectivity index (χ1v) is 13.6. The van der Waals surface area contributed by atoms with Crippen molar-refractivity contribution in [1.29, 1.82) is 0 Å². The zero-order chi connectivity index (χ0) is 25.8. The van der Waals surface area contributed by atoms with Crippen LogP contribution < -0.4 is 9.44 Å². The van der Waals surface area contributed by atoms with Crippen LogP contribution >= 0.6 is 0 Å². The summed E-state index contributed by atoms with van der Waals surface area (Å²) in [5, 5.41) is 19.4. The van der Waals surface area contributed by atoms with Gasteiger partial charge in [0.2, 0.25) is 10.0 Å². The number of rotatable bonds is 5. The fraction of sp³-hybridized carbons (Fsp3) is 0.0833. The van der Waals surface area contributed by atoms with Gasteiger partial charge < -0.3 is 5.11 Å². The maximum Gasteiger partial charge on any atom is 0.356 e. The number of carboxylic acids is 1. The topological polar surface area (TPSA) is 153 Å². The number of carbonyl (C=O) groups is 1. The molecule has 3 aromatic carbocycles. The third kappa shape index (κ3) is 3.85. The molecule has 1 aromatic heterocycles. The lowest BCUT2D eigenvalue weighted by Crippen LogP contribution is -2.33. The van der Waals surface area contributed by atoms with Crippen LogP contribution in [-0.2, 0) is 26.6 Å². The molecule has 0 atom stereocenters. The summed E-state index contributed by atoms with van der Waals surface area (Å²) < 4.78 is 53.1. The summed E-state index contributed by atoms with van der Waals surface area (Å²) in [5.74, 6) is -1.32. The molecule has 10 nitrogen and oxygen atoms in total. The van der Waals surface area contributed by atoms with E-state index in [1.165, 1.54) is 45.4 Å². The maximum atomic E-state index is 13.6. The molecule has 36 heavy (non-hydrogen) atoms. The van der Waals surface area contributed by atoms with E-state index < -0.39 is 26.0 Å². The smallest absolute Gasteiger partial charge is 0.356 e. The molecule has 4 aromatic rings. The van der Waals surface area contributed by atoms with Gasteiger partial charge >= 0.3 is 5.97 Å². The van der Waals surface area contributed by atoms with Crippen LogP contribution in [0.25, 0.3) is 16.9 Å². The Morgan fingerprint density at radius 3 is 2.14 bits per heavy atom. The predicted molar refractivity (Wildman–Crippen MR) is 132 cm³/mol. The fourth-order valence-electron chi connectivity index (χ4n) is 4.18. The largest absolute Gasteiger partial charge is 0.476 e. The number of para-hydroxylation sites is 1. The van der Waals surface area contributed by atoms with Crippen LogP contribution in [0.4, 0.5) is 5.69 Å². The molecule has 1 aliphatic rings. The number of aromatic carboxylic acids is 1. The summed E-state index contributed by atoms with van der Waals surface area (Å²) in [4.78, 5) is 12.1. The molecule has 184 valence electrons. The first kappa shape index (κ1) is 23.7. The lowest BCUT2D eigenvalue weighted by atomic mass is 9.99. The zero-order valence-electron chi connectivity index (χ0n) is 18.9. The number of hydrogen-bond donors (Lipinski definition) is 2. The van der Waals surface area contributed by atoms with E-state index in [0.29, 0.717) is 22.6 Å². The van der Waals surface area contributed by atoms with E-state index in [0.717, 1.165) is 5.56 Å². The number of sulfonamides is 2. The minimum atomic E-state index is -4.03. The van der Waals surface area contributed by atoms with Gasteiger partial charge in [-0.3, -0.25) is 4.31 Å². The second-order valence-corrected chi connectivity index (χ2v) is 11.7. The number of aryl methyl sites for hydroxylation is 1. The van der Waals surface area contributed by atoms with Crippen LogP contribution in [0.2, 0.25) is 0 Å². The first-order valence-electron chi connectivity index (χ1n) is 10.7. The Morgan fingerprint density at radius 2 is 1.53 bits per heavy atom. The number of nitrogens with two attached hydrogens (primary N) is 1. The van der Waals surface area contributed by atoms with Crippen LogP contribution in [0, 0.1) is 6.92 Å². The van der Waals surface area contributed by atoms with Gasteiger partial charge in [-0.1, -0.05) is 35.9 Å². The van der Waals surface area contributed by atoms with Crippen molar-refractivity contribution < 1.29 is 26.7 Å². The van der Waals surface area contributed by atoms with Gasteiger partial charge in [-0.05, 0) is 49.4 Å². The minimum Gasteiger partial charge on any atom is -0.476 e. The maximum absolute atomic E-state index is 13.6.